The van der Waals surface area contributed by atoms with Crippen molar-refractivity contribution < 1.29 is 4.74 Å². The van der Waals surface area contributed by atoms with Gasteiger partial charge in [0.05, 0.1) is 6.10 Å². The summed E-state index contributed by atoms with van der Waals surface area (Å²) in [5, 5.41) is 3.55. The predicted molar refractivity (Wildman–Crippen MR) is 73.8 cm³/mol. The molecule has 1 aromatic rings. The van der Waals surface area contributed by atoms with Gasteiger partial charge in [-0.15, -0.1) is 0 Å². The molecule has 2 aliphatic carbocycles. The van der Waals surface area contributed by atoms with Crippen molar-refractivity contribution in [2.24, 2.45) is 0 Å². The van der Waals surface area contributed by atoms with Crippen LogP contribution in [0.3, 0.4) is 0 Å². The Bertz CT molecular complexity index is 380. The Labute approximate surface area is 110 Å². The number of rotatable bonds is 5. The minimum Gasteiger partial charge on any atom is -0.490 e. The second-order valence-electron chi connectivity index (χ2n) is 5.68. The van der Waals surface area contributed by atoms with Crippen molar-refractivity contribution >= 4 is 0 Å². The standard InChI is InChI=1S/C16H23NO/c1-2-6-15(7-3-1)18-16-8-4-5-13(11-16)12-17-14-9-10-14/h4-5,8,11,14-15,17H,1-3,6-7,9-10,12H2. The highest BCUT2D eigenvalue weighted by molar-refractivity contribution is 5.28. The van der Waals surface area contributed by atoms with Gasteiger partial charge in [-0.1, -0.05) is 18.6 Å². The van der Waals surface area contributed by atoms with E-state index in [0.717, 1.165) is 18.3 Å². The molecule has 3 rings (SSSR count). The summed E-state index contributed by atoms with van der Waals surface area (Å²) in [5.41, 5.74) is 1.34. The summed E-state index contributed by atoms with van der Waals surface area (Å²) in [6.45, 7) is 0.979. The molecule has 0 atom stereocenters. The van der Waals surface area contributed by atoms with Gasteiger partial charge in [0.15, 0.2) is 0 Å². The van der Waals surface area contributed by atoms with Crippen LogP contribution in [0, 0.1) is 0 Å². The Morgan fingerprint density at radius 1 is 1.06 bits per heavy atom. The average Bonchev–Trinajstić information content (AvgIpc) is 3.22. The summed E-state index contributed by atoms with van der Waals surface area (Å²) in [7, 11) is 0. The van der Waals surface area contributed by atoms with Crippen LogP contribution in [0.15, 0.2) is 24.3 Å². The molecule has 0 aliphatic heterocycles. The highest BCUT2D eigenvalue weighted by atomic mass is 16.5. The number of ether oxygens (including phenoxy) is 1. The van der Waals surface area contributed by atoms with Gasteiger partial charge in [-0.25, -0.2) is 0 Å². The molecule has 0 saturated heterocycles. The van der Waals surface area contributed by atoms with Crippen molar-refractivity contribution in [1.82, 2.24) is 5.32 Å². The van der Waals surface area contributed by atoms with Crippen LogP contribution in [-0.2, 0) is 6.54 Å². The summed E-state index contributed by atoms with van der Waals surface area (Å²) in [4.78, 5) is 0. The minimum absolute atomic E-state index is 0.449. The van der Waals surface area contributed by atoms with Crippen molar-refractivity contribution in [3.8, 4) is 5.75 Å². The van der Waals surface area contributed by atoms with Gasteiger partial charge in [-0.05, 0) is 56.2 Å². The highest BCUT2D eigenvalue weighted by Gasteiger charge is 2.20. The van der Waals surface area contributed by atoms with Crippen molar-refractivity contribution in [1.29, 1.82) is 0 Å². The molecular formula is C16H23NO. The topological polar surface area (TPSA) is 21.3 Å². The molecule has 2 nitrogen and oxygen atoms in total. The van der Waals surface area contributed by atoms with E-state index in [0.29, 0.717) is 6.10 Å². The molecule has 2 heteroatoms. The molecule has 0 unspecified atom stereocenters. The average molecular weight is 245 g/mol. The maximum atomic E-state index is 6.09. The first-order chi connectivity index (χ1) is 8.90. The van der Waals surface area contributed by atoms with Gasteiger partial charge in [0, 0.05) is 12.6 Å². The maximum absolute atomic E-state index is 6.09. The smallest absolute Gasteiger partial charge is 0.120 e. The molecule has 98 valence electrons. The Balaban J connectivity index is 1.55. The summed E-state index contributed by atoms with van der Waals surface area (Å²) < 4.78 is 6.09. The van der Waals surface area contributed by atoms with Gasteiger partial charge in [0.1, 0.15) is 5.75 Å². The summed E-state index contributed by atoms with van der Waals surface area (Å²) >= 11 is 0. The third kappa shape index (κ3) is 3.49. The molecule has 1 aromatic carbocycles. The van der Waals surface area contributed by atoms with E-state index in [1.807, 2.05) is 0 Å². The molecule has 2 fully saturated rings. The van der Waals surface area contributed by atoms with Gasteiger partial charge < -0.3 is 10.1 Å². The zero-order chi connectivity index (χ0) is 12.2. The number of benzene rings is 1. The summed E-state index contributed by atoms with van der Waals surface area (Å²) in [5.74, 6) is 1.05. The van der Waals surface area contributed by atoms with Crippen LogP contribution in [-0.4, -0.2) is 12.1 Å². The molecule has 18 heavy (non-hydrogen) atoms. The molecule has 0 heterocycles. The largest absolute Gasteiger partial charge is 0.490 e. The Morgan fingerprint density at radius 3 is 2.67 bits per heavy atom. The van der Waals surface area contributed by atoms with Gasteiger partial charge in [0.25, 0.3) is 0 Å². The lowest BCUT2D eigenvalue weighted by molar-refractivity contribution is 0.155. The van der Waals surface area contributed by atoms with Crippen molar-refractivity contribution in [3.63, 3.8) is 0 Å². The zero-order valence-corrected chi connectivity index (χ0v) is 11.0. The van der Waals surface area contributed by atoms with Crippen molar-refractivity contribution in [3.05, 3.63) is 29.8 Å². The molecule has 2 saturated carbocycles. The molecule has 2 aliphatic rings. The van der Waals surface area contributed by atoms with E-state index in [2.05, 4.69) is 29.6 Å². The Kier molecular flexibility index (Phi) is 3.84. The van der Waals surface area contributed by atoms with Gasteiger partial charge >= 0.3 is 0 Å². The fraction of sp³-hybridized carbons (Fsp3) is 0.625. The Hall–Kier alpha value is -1.02. The Morgan fingerprint density at radius 2 is 1.89 bits per heavy atom. The molecule has 0 radical (unpaired) electrons. The van der Waals surface area contributed by atoms with Crippen LogP contribution in [0.2, 0.25) is 0 Å². The van der Waals surface area contributed by atoms with Crippen molar-refractivity contribution in [2.45, 2.75) is 63.6 Å². The quantitative estimate of drug-likeness (QED) is 0.855. The van der Waals surface area contributed by atoms with E-state index in [1.165, 1.54) is 50.5 Å². The van der Waals surface area contributed by atoms with Crippen LogP contribution in [0.25, 0.3) is 0 Å². The first-order valence-electron chi connectivity index (χ1n) is 7.39. The van der Waals surface area contributed by atoms with Crippen LogP contribution < -0.4 is 10.1 Å². The fourth-order valence-electron chi connectivity index (χ4n) is 2.65. The molecule has 0 bridgehead atoms. The molecule has 0 spiro atoms. The predicted octanol–water partition coefficient (Wildman–Crippen LogP) is 3.65. The molecular weight excluding hydrogens is 222 g/mol. The third-order valence-electron chi connectivity index (χ3n) is 3.93. The van der Waals surface area contributed by atoms with Crippen LogP contribution in [0.4, 0.5) is 0 Å². The van der Waals surface area contributed by atoms with Crippen LogP contribution in [0.1, 0.15) is 50.5 Å². The SMILES string of the molecule is c1cc(CNC2CC2)cc(OC2CCCCC2)c1. The van der Waals surface area contributed by atoms with E-state index < -0.39 is 0 Å². The molecule has 0 amide bonds. The lowest BCUT2D eigenvalue weighted by Crippen LogP contribution is -2.20. The number of hydrogen-bond donors (Lipinski definition) is 1. The maximum Gasteiger partial charge on any atom is 0.120 e. The van der Waals surface area contributed by atoms with Gasteiger partial charge in [-0.2, -0.15) is 0 Å². The highest BCUT2D eigenvalue weighted by Crippen LogP contribution is 2.24. The van der Waals surface area contributed by atoms with Crippen LogP contribution in [0.5, 0.6) is 5.75 Å². The van der Waals surface area contributed by atoms with Gasteiger partial charge in [-0.3, -0.25) is 0 Å². The van der Waals surface area contributed by atoms with E-state index in [1.54, 1.807) is 0 Å². The lowest BCUT2D eigenvalue weighted by Gasteiger charge is -2.23. The third-order valence-corrected chi connectivity index (χ3v) is 3.93. The molecule has 1 N–H and O–H groups in total. The summed E-state index contributed by atoms with van der Waals surface area (Å²) in [6, 6.07) is 9.36. The minimum atomic E-state index is 0.449. The number of hydrogen-bond acceptors (Lipinski definition) is 2. The normalized spacial score (nSPS) is 20.9. The van der Waals surface area contributed by atoms with E-state index in [4.69, 9.17) is 4.74 Å². The molecule has 0 aromatic heterocycles. The monoisotopic (exact) mass is 245 g/mol. The van der Waals surface area contributed by atoms with Crippen molar-refractivity contribution in [2.75, 3.05) is 0 Å². The zero-order valence-electron chi connectivity index (χ0n) is 11.0. The first-order valence-corrected chi connectivity index (χ1v) is 7.39. The second kappa shape index (κ2) is 5.75. The van der Waals surface area contributed by atoms with E-state index in [9.17, 15) is 0 Å². The summed E-state index contributed by atoms with van der Waals surface area (Å²) in [6.07, 6.45) is 9.63. The second-order valence-corrected chi connectivity index (χ2v) is 5.68. The van der Waals surface area contributed by atoms with Crippen LogP contribution >= 0.6 is 0 Å². The lowest BCUT2D eigenvalue weighted by atomic mass is 9.98. The number of nitrogens with one attached hydrogen (secondary N) is 1. The van der Waals surface area contributed by atoms with E-state index >= 15 is 0 Å². The first kappa shape index (κ1) is 12.0. The van der Waals surface area contributed by atoms with E-state index in [-0.39, 0.29) is 0 Å². The fourth-order valence-corrected chi connectivity index (χ4v) is 2.65. The van der Waals surface area contributed by atoms with Gasteiger partial charge in [0.2, 0.25) is 0 Å².